The lowest BCUT2D eigenvalue weighted by Gasteiger charge is -2.17. The van der Waals surface area contributed by atoms with Crippen LogP contribution in [-0.2, 0) is 25.5 Å². The normalized spacial score (nSPS) is 12.4. The van der Waals surface area contributed by atoms with Gasteiger partial charge in [0.25, 0.3) is 11.5 Å². The number of nitrogens with two attached hydrogens (primary N) is 2. The summed E-state index contributed by atoms with van der Waals surface area (Å²) in [5, 5.41) is 12.4. The van der Waals surface area contributed by atoms with Crippen LogP contribution in [0.4, 0.5) is 11.8 Å². The molecule has 1 aromatic carbocycles. The van der Waals surface area contributed by atoms with Crippen LogP contribution >= 0.6 is 0 Å². The van der Waals surface area contributed by atoms with E-state index in [0.717, 1.165) is 5.56 Å². The van der Waals surface area contributed by atoms with Crippen LogP contribution < -0.4 is 22.3 Å². The smallest absolute Gasteiger partial charge is 0.328 e. The fourth-order valence-corrected chi connectivity index (χ4v) is 3.57. The number of aromatic amines is 1. The van der Waals surface area contributed by atoms with E-state index >= 15 is 0 Å². The lowest BCUT2D eigenvalue weighted by molar-refractivity contribution is -0.144. The fraction of sp³-hybridized carbons (Fsp3) is 0.435. The number of carbonyl (C=O) groups excluding carboxylic acids is 3. The Labute approximate surface area is 202 Å². The van der Waals surface area contributed by atoms with E-state index in [1.807, 2.05) is 0 Å². The van der Waals surface area contributed by atoms with E-state index in [4.69, 9.17) is 16.2 Å². The quantitative estimate of drug-likeness (QED) is 0.257. The second-order valence-corrected chi connectivity index (χ2v) is 7.87. The first-order valence-corrected chi connectivity index (χ1v) is 11.0. The Hall–Kier alpha value is -3.93. The zero-order valence-corrected chi connectivity index (χ0v) is 19.7. The minimum Gasteiger partial charge on any atom is -0.469 e. The number of hydrogen-bond donors (Lipinski definition) is 5. The number of nitrogen functional groups attached to an aromatic ring is 2. The average molecular weight is 490 g/mol. The summed E-state index contributed by atoms with van der Waals surface area (Å²) in [7, 11) is 2.43. The second kappa shape index (κ2) is 13.1. The number of benzene rings is 1. The molecule has 7 N–H and O–H groups in total. The predicted molar refractivity (Wildman–Crippen MR) is 127 cm³/mol. The summed E-state index contributed by atoms with van der Waals surface area (Å²) in [6.45, 7) is -0.130. The minimum absolute atomic E-state index is 0.0344. The van der Waals surface area contributed by atoms with E-state index < -0.39 is 23.9 Å². The highest BCUT2D eigenvalue weighted by molar-refractivity contribution is 5.96. The Morgan fingerprint density at radius 2 is 1.80 bits per heavy atom. The third-order valence-electron chi connectivity index (χ3n) is 5.57. The average Bonchev–Trinajstić information content (AvgIpc) is 2.84. The molecule has 0 saturated heterocycles. The molecular weight excluding hydrogens is 458 g/mol. The van der Waals surface area contributed by atoms with Crippen LogP contribution in [0.5, 0.6) is 0 Å². The molecule has 12 heteroatoms. The van der Waals surface area contributed by atoms with E-state index in [9.17, 15) is 24.3 Å². The number of aliphatic hydroxyl groups excluding tert-OH is 1. The Kier molecular flexibility index (Phi) is 10.2. The largest absolute Gasteiger partial charge is 0.469 e. The van der Waals surface area contributed by atoms with Crippen molar-refractivity contribution in [3.8, 4) is 0 Å². The molecule has 1 unspecified atom stereocenters. The number of nitrogens with one attached hydrogen (secondary N) is 2. The maximum Gasteiger partial charge on any atom is 0.328 e. The summed E-state index contributed by atoms with van der Waals surface area (Å²) in [6, 6.07) is 5.57. The van der Waals surface area contributed by atoms with Gasteiger partial charge in [-0.15, -0.1) is 0 Å². The fourth-order valence-electron chi connectivity index (χ4n) is 3.57. The maximum absolute atomic E-state index is 12.6. The molecule has 0 aliphatic carbocycles. The number of H-pyrrole nitrogens is 1. The Balaban J connectivity index is 2.00. The molecule has 2 atom stereocenters. The zero-order chi connectivity index (χ0) is 26.0. The lowest BCUT2D eigenvalue weighted by Crippen LogP contribution is -2.41. The van der Waals surface area contributed by atoms with E-state index in [2.05, 4.69) is 20.0 Å². The first-order valence-electron chi connectivity index (χ1n) is 11.0. The van der Waals surface area contributed by atoms with Crippen molar-refractivity contribution in [1.82, 2.24) is 15.3 Å². The Morgan fingerprint density at radius 1 is 1.11 bits per heavy atom. The molecule has 1 amide bonds. The summed E-state index contributed by atoms with van der Waals surface area (Å²) in [5.74, 6) is -1.88. The van der Waals surface area contributed by atoms with Crippen LogP contribution in [0.1, 0.15) is 53.1 Å². The first kappa shape index (κ1) is 27.3. The van der Waals surface area contributed by atoms with Crippen molar-refractivity contribution < 1.29 is 29.0 Å². The Morgan fingerprint density at radius 3 is 2.37 bits per heavy atom. The van der Waals surface area contributed by atoms with Gasteiger partial charge in [-0.25, -0.2) is 4.79 Å². The van der Waals surface area contributed by atoms with Gasteiger partial charge in [0.05, 0.1) is 19.8 Å². The summed E-state index contributed by atoms with van der Waals surface area (Å²) >= 11 is 0. The van der Waals surface area contributed by atoms with Crippen LogP contribution in [0.15, 0.2) is 29.1 Å². The number of ether oxygens (including phenoxy) is 2. The van der Waals surface area contributed by atoms with Gasteiger partial charge in [-0.3, -0.25) is 19.4 Å². The van der Waals surface area contributed by atoms with Crippen molar-refractivity contribution in [2.75, 3.05) is 32.3 Å². The molecule has 0 radical (unpaired) electrons. The van der Waals surface area contributed by atoms with Crippen molar-refractivity contribution in [2.24, 2.45) is 0 Å². The van der Waals surface area contributed by atoms with Gasteiger partial charge >= 0.3 is 11.9 Å². The highest BCUT2D eigenvalue weighted by Gasteiger charge is 2.23. The molecule has 35 heavy (non-hydrogen) atoms. The monoisotopic (exact) mass is 489 g/mol. The molecule has 0 aliphatic heterocycles. The predicted octanol–water partition coefficient (Wildman–Crippen LogP) is 0.258. The number of rotatable bonds is 12. The Bertz CT molecular complexity index is 1080. The summed E-state index contributed by atoms with van der Waals surface area (Å²) in [4.78, 5) is 54.2. The molecule has 0 spiro atoms. The number of amides is 1. The zero-order valence-electron chi connectivity index (χ0n) is 19.7. The first-order chi connectivity index (χ1) is 16.7. The summed E-state index contributed by atoms with van der Waals surface area (Å²) < 4.78 is 9.26. The van der Waals surface area contributed by atoms with Crippen LogP contribution in [-0.4, -0.2) is 59.8 Å². The van der Waals surface area contributed by atoms with Crippen LogP contribution in [0, 0.1) is 0 Å². The van der Waals surface area contributed by atoms with Crippen molar-refractivity contribution in [3.05, 3.63) is 51.3 Å². The van der Waals surface area contributed by atoms with Crippen molar-refractivity contribution in [1.29, 1.82) is 0 Å². The minimum atomic E-state index is -1.00. The SMILES string of the molecule is COC(=O)CC[C@H](NC(=O)c1ccc(C(CO)CCCc2c(N)nc(N)[nH]c2=O)cc1)C(=O)OC. The number of anilines is 2. The number of hydrogen-bond acceptors (Lipinski definition) is 10. The molecule has 0 fully saturated rings. The van der Waals surface area contributed by atoms with E-state index in [0.29, 0.717) is 30.4 Å². The van der Waals surface area contributed by atoms with Gasteiger partial charge in [-0.05, 0) is 43.4 Å². The highest BCUT2D eigenvalue weighted by atomic mass is 16.5. The van der Waals surface area contributed by atoms with Gasteiger partial charge in [0, 0.05) is 24.5 Å². The summed E-state index contributed by atoms with van der Waals surface area (Å²) in [6.07, 6.45) is 1.47. The van der Waals surface area contributed by atoms with Gasteiger partial charge in [0.15, 0.2) is 0 Å². The van der Waals surface area contributed by atoms with Gasteiger partial charge in [0.1, 0.15) is 11.9 Å². The van der Waals surface area contributed by atoms with Crippen molar-refractivity contribution in [2.45, 2.75) is 44.1 Å². The molecule has 2 aromatic rings. The van der Waals surface area contributed by atoms with Gasteiger partial charge < -0.3 is 31.4 Å². The lowest BCUT2D eigenvalue weighted by atomic mass is 9.92. The molecule has 0 bridgehead atoms. The van der Waals surface area contributed by atoms with Crippen molar-refractivity contribution in [3.63, 3.8) is 0 Å². The molecule has 190 valence electrons. The second-order valence-electron chi connectivity index (χ2n) is 7.87. The van der Waals surface area contributed by atoms with Gasteiger partial charge in [0.2, 0.25) is 5.95 Å². The van der Waals surface area contributed by atoms with Crippen molar-refractivity contribution >= 4 is 29.6 Å². The molecule has 2 rings (SSSR count). The molecular formula is C23H31N5O7. The topological polar surface area (TPSA) is 200 Å². The van der Waals surface area contributed by atoms with E-state index in [1.54, 1.807) is 24.3 Å². The van der Waals surface area contributed by atoms with Gasteiger partial charge in [-0.1, -0.05) is 12.1 Å². The number of aromatic nitrogens is 2. The number of aliphatic hydroxyl groups is 1. The standard InChI is InChI=1S/C23H31N5O7/c1-34-18(30)11-10-17(22(33)35-2)26-20(31)14-8-6-13(7-9-14)15(12-29)4-3-5-16-19(24)27-23(25)28-21(16)32/h6-9,15,17,29H,3-5,10-12H2,1-2H3,(H,26,31)(H5,24,25,27,28,32)/t15?,17-/m0/s1. The highest BCUT2D eigenvalue weighted by Crippen LogP contribution is 2.23. The number of esters is 2. The van der Waals surface area contributed by atoms with Crippen LogP contribution in [0.3, 0.4) is 0 Å². The van der Waals surface area contributed by atoms with Crippen LogP contribution in [0.25, 0.3) is 0 Å². The molecule has 0 saturated carbocycles. The molecule has 12 nitrogen and oxygen atoms in total. The summed E-state index contributed by atoms with van der Waals surface area (Å²) in [5.41, 5.74) is 12.3. The number of methoxy groups -OCH3 is 2. The third kappa shape index (κ3) is 7.81. The van der Waals surface area contributed by atoms with E-state index in [-0.39, 0.29) is 42.7 Å². The number of nitrogens with zero attached hydrogens (tertiary/aromatic N) is 1. The molecule has 1 heterocycles. The molecule has 0 aliphatic rings. The van der Waals surface area contributed by atoms with Gasteiger partial charge in [-0.2, -0.15) is 4.98 Å². The maximum atomic E-state index is 12.6. The van der Waals surface area contributed by atoms with E-state index in [1.165, 1.54) is 14.2 Å². The third-order valence-corrected chi connectivity index (χ3v) is 5.57. The molecule has 1 aromatic heterocycles. The number of carbonyl (C=O) groups is 3. The van der Waals surface area contributed by atoms with Crippen LogP contribution in [0.2, 0.25) is 0 Å².